The zero-order valence-electron chi connectivity index (χ0n) is 15.7. The second-order valence-corrected chi connectivity index (χ2v) is 9.94. The third kappa shape index (κ3) is 4.42. The molecule has 0 unspecified atom stereocenters. The van der Waals surface area contributed by atoms with Crippen molar-refractivity contribution >= 4 is 27.3 Å². The van der Waals surface area contributed by atoms with Crippen LogP contribution in [0.15, 0.2) is 76.3 Å². The van der Waals surface area contributed by atoms with Gasteiger partial charge in [0.25, 0.3) is 10.0 Å². The van der Waals surface area contributed by atoms with E-state index < -0.39 is 16.1 Å². The highest BCUT2D eigenvalue weighted by atomic mass is 32.2. The minimum Gasteiger partial charge on any atom is -0.348 e. The Morgan fingerprint density at radius 2 is 1.76 bits per heavy atom. The predicted octanol–water partition coefficient (Wildman–Crippen LogP) is 3.96. The second kappa shape index (κ2) is 8.49. The van der Waals surface area contributed by atoms with Gasteiger partial charge in [0, 0.05) is 0 Å². The SMILES string of the molecule is O=C(N[C@H]1CCCc2ccccc21)[C@@H](NS(=O)(=O)c1cccs1)c1ccccc1. The number of thiophene rings is 1. The first-order valence-electron chi connectivity index (χ1n) is 9.53. The normalized spacial score (nSPS) is 17.3. The Hall–Kier alpha value is -2.48. The first-order chi connectivity index (χ1) is 14.0. The van der Waals surface area contributed by atoms with E-state index >= 15 is 0 Å². The van der Waals surface area contributed by atoms with Gasteiger partial charge in [-0.3, -0.25) is 4.79 Å². The summed E-state index contributed by atoms with van der Waals surface area (Å²) in [6, 6.07) is 19.1. The lowest BCUT2D eigenvalue weighted by molar-refractivity contribution is -0.123. The molecule has 1 aromatic heterocycles. The summed E-state index contributed by atoms with van der Waals surface area (Å²) in [5, 5.41) is 4.78. The average molecular weight is 427 g/mol. The largest absolute Gasteiger partial charge is 0.348 e. The van der Waals surface area contributed by atoms with Gasteiger partial charge in [0.1, 0.15) is 10.3 Å². The molecule has 2 aromatic carbocycles. The number of carbonyl (C=O) groups excluding carboxylic acids is 1. The number of fused-ring (bicyclic) bond motifs is 1. The minimum atomic E-state index is -3.80. The van der Waals surface area contributed by atoms with Crippen LogP contribution in [0.1, 0.15) is 41.6 Å². The van der Waals surface area contributed by atoms with E-state index in [0.717, 1.165) is 36.2 Å². The van der Waals surface area contributed by atoms with Gasteiger partial charge in [0.2, 0.25) is 5.91 Å². The van der Waals surface area contributed by atoms with Gasteiger partial charge in [-0.05, 0) is 47.4 Å². The molecule has 0 radical (unpaired) electrons. The lowest BCUT2D eigenvalue weighted by Crippen LogP contribution is -2.42. The summed E-state index contributed by atoms with van der Waals surface area (Å²) < 4.78 is 28.4. The number of carbonyl (C=O) groups is 1. The van der Waals surface area contributed by atoms with Crippen LogP contribution >= 0.6 is 11.3 Å². The molecule has 0 aliphatic heterocycles. The molecular weight excluding hydrogens is 404 g/mol. The van der Waals surface area contributed by atoms with Gasteiger partial charge in [0.05, 0.1) is 6.04 Å². The van der Waals surface area contributed by atoms with Gasteiger partial charge in [-0.1, -0.05) is 60.7 Å². The Balaban J connectivity index is 1.61. The van der Waals surface area contributed by atoms with Crippen molar-refractivity contribution < 1.29 is 13.2 Å². The lowest BCUT2D eigenvalue weighted by atomic mass is 9.87. The highest BCUT2D eigenvalue weighted by Gasteiger charge is 2.30. The fourth-order valence-corrected chi connectivity index (χ4v) is 5.90. The third-order valence-corrected chi connectivity index (χ3v) is 7.93. The van der Waals surface area contributed by atoms with E-state index in [1.54, 1.807) is 35.7 Å². The smallest absolute Gasteiger partial charge is 0.251 e. The quantitative estimate of drug-likeness (QED) is 0.626. The van der Waals surface area contributed by atoms with E-state index in [1.807, 2.05) is 24.3 Å². The fourth-order valence-electron chi connectivity index (χ4n) is 3.71. The Morgan fingerprint density at radius 1 is 1.00 bits per heavy atom. The molecule has 2 atom stereocenters. The van der Waals surface area contributed by atoms with Crippen LogP contribution in [0.5, 0.6) is 0 Å². The number of aryl methyl sites for hydroxylation is 1. The molecule has 3 aromatic rings. The van der Waals surface area contributed by atoms with Crippen molar-refractivity contribution in [2.24, 2.45) is 0 Å². The van der Waals surface area contributed by atoms with Crippen LogP contribution in [0.4, 0.5) is 0 Å². The van der Waals surface area contributed by atoms with Crippen LogP contribution in [-0.2, 0) is 21.2 Å². The monoisotopic (exact) mass is 426 g/mol. The zero-order chi connectivity index (χ0) is 20.3. The number of sulfonamides is 1. The van der Waals surface area contributed by atoms with Crippen molar-refractivity contribution in [2.75, 3.05) is 0 Å². The number of amides is 1. The molecule has 1 aliphatic rings. The van der Waals surface area contributed by atoms with Gasteiger partial charge in [-0.15, -0.1) is 11.3 Å². The third-order valence-electron chi connectivity index (χ3n) is 5.11. The number of benzene rings is 2. The first-order valence-corrected chi connectivity index (χ1v) is 11.9. The maximum Gasteiger partial charge on any atom is 0.251 e. The molecule has 29 heavy (non-hydrogen) atoms. The van der Waals surface area contributed by atoms with Crippen LogP contribution in [-0.4, -0.2) is 14.3 Å². The number of rotatable bonds is 6. The summed E-state index contributed by atoms with van der Waals surface area (Å²) in [6.45, 7) is 0. The van der Waals surface area contributed by atoms with Crippen LogP contribution in [0, 0.1) is 0 Å². The van der Waals surface area contributed by atoms with Gasteiger partial charge < -0.3 is 5.32 Å². The van der Waals surface area contributed by atoms with Crippen molar-refractivity contribution in [1.82, 2.24) is 10.0 Å². The second-order valence-electron chi connectivity index (χ2n) is 7.05. The summed E-state index contributed by atoms with van der Waals surface area (Å²) >= 11 is 1.12. The van der Waals surface area contributed by atoms with Gasteiger partial charge in [0.15, 0.2) is 0 Å². The summed E-state index contributed by atoms with van der Waals surface area (Å²) in [5.41, 5.74) is 2.95. The summed E-state index contributed by atoms with van der Waals surface area (Å²) in [7, 11) is -3.80. The van der Waals surface area contributed by atoms with Crippen molar-refractivity contribution in [2.45, 2.75) is 35.6 Å². The molecule has 0 fully saturated rings. The molecule has 0 bridgehead atoms. The molecule has 0 saturated carbocycles. The predicted molar refractivity (Wildman–Crippen MR) is 114 cm³/mol. The molecule has 5 nitrogen and oxygen atoms in total. The topological polar surface area (TPSA) is 75.3 Å². The lowest BCUT2D eigenvalue weighted by Gasteiger charge is -2.28. The Kier molecular flexibility index (Phi) is 5.80. The van der Waals surface area contributed by atoms with Crippen molar-refractivity contribution in [3.8, 4) is 0 Å². The van der Waals surface area contributed by atoms with E-state index in [9.17, 15) is 13.2 Å². The Bertz CT molecular complexity index is 1080. The number of hydrogen-bond acceptors (Lipinski definition) is 4. The van der Waals surface area contributed by atoms with Crippen molar-refractivity contribution in [1.29, 1.82) is 0 Å². The summed E-state index contributed by atoms with van der Waals surface area (Å²) in [4.78, 5) is 13.2. The maximum absolute atomic E-state index is 13.2. The highest BCUT2D eigenvalue weighted by Crippen LogP contribution is 2.30. The van der Waals surface area contributed by atoms with E-state index in [0.29, 0.717) is 5.56 Å². The van der Waals surface area contributed by atoms with E-state index in [2.05, 4.69) is 16.1 Å². The molecule has 1 amide bonds. The van der Waals surface area contributed by atoms with Crippen LogP contribution in [0.25, 0.3) is 0 Å². The van der Waals surface area contributed by atoms with Gasteiger partial charge >= 0.3 is 0 Å². The molecule has 1 heterocycles. The Labute approximate surface area is 174 Å². The van der Waals surface area contributed by atoms with Crippen LogP contribution in [0.3, 0.4) is 0 Å². The fraction of sp³-hybridized carbons (Fsp3) is 0.227. The van der Waals surface area contributed by atoms with Crippen LogP contribution in [0.2, 0.25) is 0 Å². The molecule has 7 heteroatoms. The maximum atomic E-state index is 13.2. The highest BCUT2D eigenvalue weighted by molar-refractivity contribution is 7.91. The summed E-state index contributed by atoms with van der Waals surface area (Å²) in [6.07, 6.45) is 2.82. The van der Waals surface area contributed by atoms with Crippen molar-refractivity contribution in [3.05, 3.63) is 88.8 Å². The van der Waals surface area contributed by atoms with Gasteiger partial charge in [-0.2, -0.15) is 4.72 Å². The van der Waals surface area contributed by atoms with E-state index in [1.165, 1.54) is 11.6 Å². The van der Waals surface area contributed by atoms with Crippen LogP contribution < -0.4 is 10.0 Å². The number of nitrogens with one attached hydrogen (secondary N) is 2. The molecule has 1 aliphatic carbocycles. The Morgan fingerprint density at radius 3 is 2.52 bits per heavy atom. The molecule has 0 spiro atoms. The number of hydrogen-bond donors (Lipinski definition) is 2. The van der Waals surface area contributed by atoms with E-state index in [-0.39, 0.29) is 16.2 Å². The van der Waals surface area contributed by atoms with Crippen molar-refractivity contribution in [3.63, 3.8) is 0 Å². The van der Waals surface area contributed by atoms with E-state index in [4.69, 9.17) is 0 Å². The standard InChI is InChI=1S/C22H22N2O3S2/c25-22(23-19-13-6-11-16-8-4-5-12-18(16)19)21(17-9-2-1-3-10-17)24-29(26,27)20-14-7-15-28-20/h1-5,7-10,12,14-15,19,21,24H,6,11,13H2,(H,23,25)/t19-,21-/m0/s1. The molecule has 2 N–H and O–H groups in total. The molecule has 150 valence electrons. The summed E-state index contributed by atoms with van der Waals surface area (Å²) in [5.74, 6) is -0.349. The zero-order valence-corrected chi connectivity index (χ0v) is 17.4. The first kappa shape index (κ1) is 19.8. The molecule has 0 saturated heterocycles. The van der Waals surface area contributed by atoms with Gasteiger partial charge in [-0.25, -0.2) is 8.42 Å². The molecular formula is C22H22N2O3S2. The molecule has 4 rings (SSSR count). The minimum absolute atomic E-state index is 0.120. The average Bonchev–Trinajstić information content (AvgIpc) is 3.29.